The Kier molecular flexibility index (Phi) is 9.10. The van der Waals surface area contributed by atoms with Crippen LogP contribution >= 0.6 is 46.3 Å². The maximum Gasteiger partial charge on any atom is 0.335 e. The highest BCUT2D eigenvalue weighted by Gasteiger charge is 2.21. The first kappa shape index (κ1) is 26.0. The predicted molar refractivity (Wildman–Crippen MR) is 142 cm³/mol. The zero-order valence-electron chi connectivity index (χ0n) is 18.7. The molecule has 3 aromatic rings. The summed E-state index contributed by atoms with van der Waals surface area (Å²) >= 11 is 15.2. The molecule has 0 aliphatic carbocycles. The van der Waals surface area contributed by atoms with Gasteiger partial charge in [0.2, 0.25) is 5.91 Å². The van der Waals surface area contributed by atoms with Gasteiger partial charge in [-0.2, -0.15) is 0 Å². The summed E-state index contributed by atoms with van der Waals surface area (Å²) in [6.45, 7) is 3.37. The average molecular weight is 552 g/mol. The Morgan fingerprint density at radius 3 is 2.66 bits per heavy atom. The molecule has 0 bridgehead atoms. The zero-order chi connectivity index (χ0) is 24.8. The molecular formula is C25H24Cl2N2O4S2. The van der Waals surface area contributed by atoms with Crippen molar-refractivity contribution in [2.75, 3.05) is 32.0 Å². The van der Waals surface area contributed by atoms with E-state index in [1.54, 1.807) is 41.7 Å². The number of thioether (sulfide) groups is 1. The van der Waals surface area contributed by atoms with E-state index in [1.165, 1.54) is 11.8 Å². The van der Waals surface area contributed by atoms with E-state index in [0.29, 0.717) is 28.9 Å². The second-order valence-electron chi connectivity index (χ2n) is 8.07. The lowest BCUT2D eigenvalue weighted by molar-refractivity contribution is -0.119. The Bertz CT molecular complexity index is 1190. The van der Waals surface area contributed by atoms with Crippen molar-refractivity contribution in [1.29, 1.82) is 0 Å². The zero-order valence-corrected chi connectivity index (χ0v) is 21.9. The van der Waals surface area contributed by atoms with Gasteiger partial charge in [-0.3, -0.25) is 9.69 Å². The smallest absolute Gasteiger partial charge is 0.335 e. The number of carbonyl (C=O) groups is 2. The van der Waals surface area contributed by atoms with E-state index >= 15 is 0 Å². The number of morpholine rings is 1. The van der Waals surface area contributed by atoms with Crippen LogP contribution < -0.4 is 5.32 Å². The quantitative estimate of drug-likeness (QED) is 0.341. The van der Waals surface area contributed by atoms with E-state index in [0.717, 1.165) is 39.8 Å². The van der Waals surface area contributed by atoms with E-state index in [2.05, 4.69) is 10.2 Å². The number of hydrogen-bond donors (Lipinski definition) is 2. The molecule has 0 spiro atoms. The summed E-state index contributed by atoms with van der Waals surface area (Å²) in [5.41, 5.74) is 2.31. The van der Waals surface area contributed by atoms with Crippen LogP contribution in [0.5, 0.6) is 0 Å². The van der Waals surface area contributed by atoms with Gasteiger partial charge in [0.1, 0.15) is 0 Å². The fourth-order valence-electron chi connectivity index (χ4n) is 3.69. The second kappa shape index (κ2) is 12.3. The first-order chi connectivity index (χ1) is 16.9. The lowest BCUT2D eigenvalue weighted by Gasteiger charge is -2.33. The molecule has 4 rings (SSSR count). The molecule has 0 radical (unpaired) electrons. The van der Waals surface area contributed by atoms with Gasteiger partial charge in [-0.15, -0.1) is 23.1 Å². The van der Waals surface area contributed by atoms with Crippen LogP contribution in [-0.4, -0.2) is 60.0 Å². The standard InChI is InChI=1S/C25H24Cl2N2O4S2/c26-20-6-1-16(11-21(20)27)13-29-9-10-33-19(14-29)12-28-23(30)15-34-24-8-7-22(35-24)17-2-4-18(5-3-17)25(31)32/h1-8,11,19H,9-10,12-15H2,(H,28,30)(H,31,32). The molecule has 1 atom stereocenters. The van der Waals surface area contributed by atoms with Crippen molar-refractivity contribution in [3.8, 4) is 10.4 Å². The Morgan fingerprint density at radius 2 is 1.91 bits per heavy atom. The summed E-state index contributed by atoms with van der Waals surface area (Å²) in [5.74, 6) is -0.666. The Hall–Kier alpha value is -2.07. The van der Waals surface area contributed by atoms with Gasteiger partial charge in [0.15, 0.2) is 0 Å². The van der Waals surface area contributed by atoms with Crippen molar-refractivity contribution in [3.63, 3.8) is 0 Å². The van der Waals surface area contributed by atoms with Gasteiger partial charge in [0.25, 0.3) is 0 Å². The number of nitrogens with zero attached hydrogens (tertiary/aromatic N) is 1. The van der Waals surface area contributed by atoms with Crippen molar-refractivity contribution >= 4 is 58.2 Å². The highest BCUT2D eigenvalue weighted by atomic mass is 35.5. The van der Waals surface area contributed by atoms with Gasteiger partial charge in [-0.1, -0.05) is 41.4 Å². The van der Waals surface area contributed by atoms with Crippen LogP contribution in [0.2, 0.25) is 10.0 Å². The van der Waals surface area contributed by atoms with Gasteiger partial charge < -0.3 is 15.2 Å². The van der Waals surface area contributed by atoms with Crippen molar-refractivity contribution in [3.05, 3.63) is 75.8 Å². The molecule has 1 saturated heterocycles. The fraction of sp³-hybridized carbons (Fsp3) is 0.280. The summed E-state index contributed by atoms with van der Waals surface area (Å²) < 4.78 is 6.86. The average Bonchev–Trinajstić information content (AvgIpc) is 3.33. The summed E-state index contributed by atoms with van der Waals surface area (Å²) in [6, 6.07) is 16.4. The van der Waals surface area contributed by atoms with Crippen LogP contribution in [0.15, 0.2) is 58.8 Å². The molecule has 1 amide bonds. The number of carboxylic acids is 1. The van der Waals surface area contributed by atoms with Crippen LogP contribution in [0.1, 0.15) is 15.9 Å². The minimum absolute atomic E-state index is 0.0408. The first-order valence-corrected chi connectivity index (χ1v) is 13.5. The molecule has 1 aliphatic rings. The number of carboxylic acid groups (broad SMARTS) is 1. The van der Waals surface area contributed by atoms with E-state index in [1.807, 2.05) is 24.3 Å². The van der Waals surface area contributed by atoms with Gasteiger partial charge >= 0.3 is 5.97 Å². The SMILES string of the molecule is O=C(CSc1ccc(-c2ccc(C(=O)O)cc2)s1)NCC1CN(Cc2ccc(Cl)c(Cl)c2)CCO1. The van der Waals surface area contributed by atoms with Gasteiger partial charge in [0, 0.05) is 31.1 Å². The minimum atomic E-state index is -0.942. The lowest BCUT2D eigenvalue weighted by atomic mass is 10.1. The van der Waals surface area contributed by atoms with Gasteiger partial charge in [0.05, 0.1) is 38.3 Å². The lowest BCUT2D eigenvalue weighted by Crippen LogP contribution is -2.47. The Balaban J connectivity index is 1.20. The van der Waals surface area contributed by atoms with E-state index < -0.39 is 5.97 Å². The van der Waals surface area contributed by atoms with Crippen LogP contribution in [0, 0.1) is 0 Å². The highest BCUT2D eigenvalue weighted by Crippen LogP contribution is 2.34. The van der Waals surface area contributed by atoms with Crippen LogP contribution in [-0.2, 0) is 16.1 Å². The van der Waals surface area contributed by atoms with Crippen molar-refractivity contribution in [2.24, 2.45) is 0 Å². The third-order valence-electron chi connectivity index (χ3n) is 5.48. The fourth-order valence-corrected chi connectivity index (χ4v) is 5.97. The molecular weight excluding hydrogens is 527 g/mol. The number of benzene rings is 2. The molecule has 6 nitrogen and oxygen atoms in total. The molecule has 35 heavy (non-hydrogen) atoms. The molecule has 1 aliphatic heterocycles. The molecule has 184 valence electrons. The van der Waals surface area contributed by atoms with E-state index in [4.69, 9.17) is 33.0 Å². The van der Waals surface area contributed by atoms with Crippen LogP contribution in [0.25, 0.3) is 10.4 Å². The number of carbonyl (C=O) groups excluding carboxylic acids is 1. The van der Waals surface area contributed by atoms with Crippen LogP contribution in [0.3, 0.4) is 0 Å². The summed E-state index contributed by atoms with van der Waals surface area (Å²) in [7, 11) is 0. The molecule has 10 heteroatoms. The summed E-state index contributed by atoms with van der Waals surface area (Å²) in [4.78, 5) is 26.7. The molecule has 1 aromatic heterocycles. The first-order valence-electron chi connectivity index (χ1n) is 11.0. The molecule has 1 unspecified atom stereocenters. The maximum absolute atomic E-state index is 12.4. The number of hydrogen-bond acceptors (Lipinski definition) is 6. The van der Waals surface area contributed by atoms with Gasteiger partial charge in [-0.25, -0.2) is 4.79 Å². The van der Waals surface area contributed by atoms with E-state index in [-0.39, 0.29) is 17.6 Å². The predicted octanol–water partition coefficient (Wildman–Crippen LogP) is 5.53. The number of aromatic carboxylic acids is 1. The topological polar surface area (TPSA) is 78.9 Å². The van der Waals surface area contributed by atoms with Crippen molar-refractivity contribution < 1.29 is 19.4 Å². The molecule has 0 saturated carbocycles. The number of thiophene rings is 1. The highest BCUT2D eigenvalue weighted by molar-refractivity contribution is 8.01. The molecule has 1 fully saturated rings. The third kappa shape index (κ3) is 7.46. The summed E-state index contributed by atoms with van der Waals surface area (Å²) in [6.07, 6.45) is -0.0670. The monoisotopic (exact) mass is 550 g/mol. The number of halogens is 2. The molecule has 2 aromatic carbocycles. The summed E-state index contributed by atoms with van der Waals surface area (Å²) in [5, 5.41) is 13.1. The maximum atomic E-state index is 12.4. The number of rotatable bonds is 9. The number of ether oxygens (including phenoxy) is 1. The molecule has 2 N–H and O–H groups in total. The third-order valence-corrected chi connectivity index (χ3v) is 8.58. The largest absolute Gasteiger partial charge is 0.478 e. The van der Waals surface area contributed by atoms with Crippen LogP contribution in [0.4, 0.5) is 0 Å². The Labute approximate surface area is 222 Å². The van der Waals surface area contributed by atoms with Crippen molar-refractivity contribution in [2.45, 2.75) is 16.9 Å². The number of amides is 1. The minimum Gasteiger partial charge on any atom is -0.478 e. The Morgan fingerprint density at radius 1 is 1.11 bits per heavy atom. The van der Waals surface area contributed by atoms with Crippen molar-refractivity contribution in [1.82, 2.24) is 10.2 Å². The second-order valence-corrected chi connectivity index (χ2v) is 11.2. The normalized spacial score (nSPS) is 16.2. The number of nitrogens with one attached hydrogen (secondary N) is 1. The molecule has 2 heterocycles. The van der Waals surface area contributed by atoms with E-state index in [9.17, 15) is 9.59 Å². The van der Waals surface area contributed by atoms with Gasteiger partial charge in [-0.05, 0) is 47.5 Å².